The average Bonchev–Trinajstić information content (AvgIpc) is 3.32. The molecule has 0 bridgehead atoms. The van der Waals surface area contributed by atoms with Gasteiger partial charge in [-0.15, -0.1) is 0 Å². The topological polar surface area (TPSA) is 78.1 Å². The summed E-state index contributed by atoms with van der Waals surface area (Å²) in [4.78, 5) is 20.1. The van der Waals surface area contributed by atoms with E-state index in [4.69, 9.17) is 12.2 Å². The Bertz CT molecular complexity index is 1520. The minimum absolute atomic E-state index is 0.149. The van der Waals surface area contributed by atoms with Gasteiger partial charge in [-0.3, -0.25) is 4.79 Å². The van der Waals surface area contributed by atoms with Crippen LogP contribution in [0.1, 0.15) is 21.5 Å². The van der Waals surface area contributed by atoms with Gasteiger partial charge in [-0.25, -0.2) is 9.56 Å². The lowest BCUT2D eigenvalue weighted by atomic mass is 10.1. The molecule has 1 aliphatic heterocycles. The highest BCUT2D eigenvalue weighted by Crippen LogP contribution is 2.38. The molecule has 3 aromatic carbocycles. The van der Waals surface area contributed by atoms with E-state index < -0.39 is 17.8 Å². The Hall–Kier alpha value is -4.23. The molecule has 1 aliphatic rings. The van der Waals surface area contributed by atoms with E-state index in [1.807, 2.05) is 91.6 Å². The molecular weight excluding hydrogens is 458 g/mol. The first kappa shape index (κ1) is 22.6. The summed E-state index contributed by atoms with van der Waals surface area (Å²) >= 11 is 5.59. The summed E-state index contributed by atoms with van der Waals surface area (Å²) < 4.78 is 1.09. The van der Waals surface area contributed by atoms with Crippen molar-refractivity contribution >= 4 is 51.6 Å². The van der Waals surface area contributed by atoms with E-state index in [2.05, 4.69) is 4.99 Å². The molecule has 1 atom stereocenters. The Labute approximate surface area is 208 Å². The number of aromatic hydroxyl groups is 2. The van der Waals surface area contributed by atoms with Gasteiger partial charge < -0.3 is 15.1 Å². The summed E-state index contributed by atoms with van der Waals surface area (Å²) in [5.41, 5.74) is 4.30. The zero-order valence-corrected chi connectivity index (χ0v) is 20.0. The number of aliphatic imine (C=N–C) groups is 1. The van der Waals surface area contributed by atoms with Crippen molar-refractivity contribution in [2.24, 2.45) is 4.99 Å². The van der Waals surface area contributed by atoms with E-state index in [9.17, 15) is 15.0 Å². The van der Waals surface area contributed by atoms with Gasteiger partial charge in [-0.05, 0) is 55.9 Å². The number of benzene rings is 3. The minimum atomic E-state index is -0.609. The number of carbonyl (C=O) groups is 1. The molecule has 1 aromatic heterocycles. The quantitative estimate of drug-likeness (QED) is 0.369. The summed E-state index contributed by atoms with van der Waals surface area (Å²) in [6.45, 7) is 3.87. The van der Waals surface area contributed by atoms with Gasteiger partial charge in [0.05, 0.1) is 5.52 Å². The van der Waals surface area contributed by atoms with Crippen molar-refractivity contribution in [1.29, 1.82) is 0 Å². The summed E-state index contributed by atoms with van der Waals surface area (Å²) in [5, 5.41) is 21.8. The van der Waals surface area contributed by atoms with Gasteiger partial charge in [0.2, 0.25) is 11.0 Å². The number of fused-ring (bicyclic) bond motifs is 1. The zero-order valence-electron chi connectivity index (χ0n) is 19.2. The number of aryl methyl sites for hydroxylation is 2. The summed E-state index contributed by atoms with van der Waals surface area (Å²) in [7, 11) is 0. The molecule has 2 heterocycles. The van der Waals surface area contributed by atoms with Crippen molar-refractivity contribution in [3.8, 4) is 11.6 Å². The van der Waals surface area contributed by atoms with Gasteiger partial charge in [-0.2, -0.15) is 0 Å². The van der Waals surface area contributed by atoms with Crippen molar-refractivity contribution < 1.29 is 15.0 Å². The maximum Gasteiger partial charge on any atom is 0.282 e. The largest absolute Gasteiger partial charge is 0.503 e. The van der Waals surface area contributed by atoms with Crippen LogP contribution < -0.4 is 4.90 Å². The van der Waals surface area contributed by atoms with Crippen molar-refractivity contribution in [2.75, 3.05) is 4.90 Å². The van der Waals surface area contributed by atoms with E-state index in [-0.39, 0.29) is 16.6 Å². The molecule has 1 unspecified atom stereocenters. The SMILES string of the molecule is Cc1ccc(N2C(=S)N=C(C(=O)n3c(O)c(O)c4cc(C)ccc43)C2/C=C/c2ccccc2)cc1. The highest BCUT2D eigenvalue weighted by molar-refractivity contribution is 7.80. The van der Waals surface area contributed by atoms with Gasteiger partial charge >= 0.3 is 0 Å². The maximum absolute atomic E-state index is 13.8. The first-order valence-electron chi connectivity index (χ1n) is 11.1. The Kier molecular flexibility index (Phi) is 5.70. The highest BCUT2D eigenvalue weighted by atomic mass is 32.1. The molecule has 174 valence electrons. The van der Waals surface area contributed by atoms with E-state index >= 15 is 0 Å². The molecule has 2 N–H and O–H groups in total. The Morgan fingerprint density at radius 2 is 1.66 bits per heavy atom. The highest BCUT2D eigenvalue weighted by Gasteiger charge is 2.38. The van der Waals surface area contributed by atoms with Crippen LogP contribution in [-0.4, -0.2) is 37.6 Å². The van der Waals surface area contributed by atoms with Crippen LogP contribution in [-0.2, 0) is 0 Å². The number of thiocarbonyl (C=S) groups is 1. The fraction of sp³-hybridized carbons (Fsp3) is 0.107. The monoisotopic (exact) mass is 481 g/mol. The fourth-order valence-corrected chi connectivity index (χ4v) is 4.57. The Morgan fingerprint density at radius 3 is 2.37 bits per heavy atom. The number of anilines is 1. The van der Waals surface area contributed by atoms with Crippen LogP contribution in [0.5, 0.6) is 11.6 Å². The number of aromatic nitrogens is 1. The van der Waals surface area contributed by atoms with Gasteiger partial charge in [0.25, 0.3) is 5.91 Å². The zero-order chi connectivity index (χ0) is 24.7. The van der Waals surface area contributed by atoms with Crippen molar-refractivity contribution in [2.45, 2.75) is 19.9 Å². The normalized spacial score (nSPS) is 15.8. The first-order valence-corrected chi connectivity index (χ1v) is 11.6. The summed E-state index contributed by atoms with van der Waals surface area (Å²) in [5.74, 6) is -1.43. The number of hydrogen-bond acceptors (Lipinski definition) is 4. The molecule has 4 aromatic rings. The molecule has 0 aliphatic carbocycles. The van der Waals surface area contributed by atoms with Crippen molar-refractivity contribution in [1.82, 2.24) is 4.57 Å². The van der Waals surface area contributed by atoms with Crippen LogP contribution >= 0.6 is 12.2 Å². The van der Waals surface area contributed by atoms with Gasteiger partial charge in [0.1, 0.15) is 11.8 Å². The predicted octanol–water partition coefficient (Wildman–Crippen LogP) is 5.64. The average molecular weight is 482 g/mol. The second-order valence-corrected chi connectivity index (χ2v) is 8.90. The second kappa shape index (κ2) is 8.85. The van der Waals surface area contributed by atoms with E-state index in [1.165, 1.54) is 0 Å². The molecule has 0 amide bonds. The van der Waals surface area contributed by atoms with Crippen molar-refractivity contribution in [3.63, 3.8) is 0 Å². The maximum atomic E-state index is 13.8. The molecule has 0 saturated heterocycles. The van der Waals surface area contributed by atoms with Crippen LogP contribution in [0, 0.1) is 13.8 Å². The fourth-order valence-electron chi connectivity index (χ4n) is 4.25. The van der Waals surface area contributed by atoms with Crippen molar-refractivity contribution in [3.05, 3.63) is 95.6 Å². The lowest BCUT2D eigenvalue weighted by Crippen LogP contribution is -2.40. The number of nitrogens with zero attached hydrogens (tertiary/aromatic N) is 3. The van der Waals surface area contributed by atoms with Crippen LogP contribution in [0.2, 0.25) is 0 Å². The molecule has 0 fully saturated rings. The third-order valence-electron chi connectivity index (χ3n) is 6.06. The van der Waals surface area contributed by atoms with E-state index in [0.29, 0.717) is 10.9 Å². The van der Waals surface area contributed by atoms with Crippen LogP contribution in [0.25, 0.3) is 17.0 Å². The molecule has 5 rings (SSSR count). The molecular formula is C28H23N3O3S. The predicted molar refractivity (Wildman–Crippen MR) is 144 cm³/mol. The third kappa shape index (κ3) is 4.00. The van der Waals surface area contributed by atoms with Gasteiger partial charge in [-0.1, -0.05) is 71.8 Å². The Balaban J connectivity index is 1.62. The molecule has 0 saturated carbocycles. The molecule has 0 spiro atoms. The molecule has 7 heteroatoms. The van der Waals surface area contributed by atoms with Crippen LogP contribution in [0.15, 0.2) is 83.9 Å². The smallest absolute Gasteiger partial charge is 0.282 e. The van der Waals surface area contributed by atoms with Gasteiger partial charge in [0.15, 0.2) is 5.75 Å². The number of hydrogen-bond donors (Lipinski definition) is 2. The lowest BCUT2D eigenvalue weighted by molar-refractivity contribution is 0.0983. The summed E-state index contributed by atoms with van der Waals surface area (Å²) in [6, 6.07) is 22.2. The van der Waals surface area contributed by atoms with Crippen LogP contribution in [0.3, 0.4) is 0 Å². The summed E-state index contributed by atoms with van der Waals surface area (Å²) in [6.07, 6.45) is 3.79. The number of rotatable bonds is 4. The van der Waals surface area contributed by atoms with Crippen LogP contribution in [0.4, 0.5) is 5.69 Å². The molecule has 0 radical (unpaired) electrons. The van der Waals surface area contributed by atoms with E-state index in [1.54, 1.807) is 12.1 Å². The van der Waals surface area contributed by atoms with Gasteiger partial charge in [0, 0.05) is 11.1 Å². The van der Waals surface area contributed by atoms with E-state index in [0.717, 1.165) is 26.9 Å². The molecule has 6 nitrogen and oxygen atoms in total. The number of carbonyl (C=O) groups excluding carboxylic acids is 1. The third-order valence-corrected chi connectivity index (χ3v) is 6.35. The lowest BCUT2D eigenvalue weighted by Gasteiger charge is -2.24. The Morgan fingerprint density at radius 1 is 0.971 bits per heavy atom. The first-order chi connectivity index (χ1) is 16.8. The standard InChI is InChI=1S/C28H23N3O3S/c1-17-8-12-20(13-9-17)30-23(15-11-19-6-4-3-5-7-19)24(29-28(30)35)26(33)31-22-14-10-18(2)16-21(22)25(32)27(31)34/h3-16,23,32,34H,1-2H3/b15-11+. The molecule has 35 heavy (non-hydrogen) atoms. The minimum Gasteiger partial charge on any atom is -0.503 e. The second-order valence-electron chi connectivity index (χ2n) is 8.53.